The Morgan fingerprint density at radius 3 is 2.55 bits per heavy atom. The van der Waals surface area contributed by atoms with Crippen molar-refractivity contribution < 1.29 is 33.8 Å². The third-order valence-corrected chi connectivity index (χ3v) is 10.4. The highest BCUT2D eigenvalue weighted by atomic mass is 16.5. The average Bonchev–Trinajstić information content (AvgIpc) is 3.48. The van der Waals surface area contributed by atoms with Crippen molar-refractivity contribution in [3.8, 4) is 28.1 Å². The topological polar surface area (TPSA) is 155 Å². The zero-order chi connectivity index (χ0) is 40.6. The fourth-order valence-corrected chi connectivity index (χ4v) is 7.87. The van der Waals surface area contributed by atoms with Gasteiger partial charge in [0, 0.05) is 74.5 Å². The smallest absolute Gasteiger partial charge is 0.293 e. The molecular weight excluding hydrogens is 713 g/mol. The van der Waals surface area contributed by atoms with Gasteiger partial charge in [0.1, 0.15) is 17.8 Å². The number of aromatic nitrogens is 2. The molecule has 56 heavy (non-hydrogen) atoms. The van der Waals surface area contributed by atoms with Gasteiger partial charge in [0.25, 0.3) is 12.4 Å². The van der Waals surface area contributed by atoms with Crippen LogP contribution in [0.25, 0.3) is 33.3 Å². The molecule has 1 aliphatic heterocycles. The number of benzene rings is 2. The summed E-state index contributed by atoms with van der Waals surface area (Å²) in [5.41, 5.74) is 10.0. The van der Waals surface area contributed by atoms with Gasteiger partial charge in [-0.1, -0.05) is 39.8 Å². The first-order valence-electron chi connectivity index (χ1n) is 19.3. The number of carbonyl (C=O) groups is 4. The van der Waals surface area contributed by atoms with E-state index in [2.05, 4.69) is 53.2 Å². The summed E-state index contributed by atoms with van der Waals surface area (Å²) in [7, 11) is 3.22. The minimum absolute atomic E-state index is 0.0192. The number of hydrogen-bond donors (Lipinski definition) is 3. The number of nitrogens with one attached hydrogen (secondary N) is 2. The maximum absolute atomic E-state index is 14.0. The molecule has 2 unspecified atom stereocenters. The Morgan fingerprint density at radius 2 is 1.89 bits per heavy atom. The number of aromatic hydroxyl groups is 1. The van der Waals surface area contributed by atoms with Crippen LogP contribution in [0, 0.1) is 11.3 Å². The lowest BCUT2D eigenvalue weighted by molar-refractivity contribution is -0.142. The summed E-state index contributed by atoms with van der Waals surface area (Å²) >= 11 is 0. The SMILES string of the molecule is CCn1c(-c2cnccc2COC)c(CC(C)(C)COC=O)c2cc(-c3cc(O)cc(CC(NC(=O)C(C(C)C)N(C)C=O)C(=O)N4CCCCN4)c3)ccc21. The van der Waals surface area contributed by atoms with E-state index in [0.717, 1.165) is 57.3 Å². The summed E-state index contributed by atoms with van der Waals surface area (Å²) in [5.74, 6) is -0.894. The second kappa shape index (κ2) is 18.6. The quantitative estimate of drug-likeness (QED) is 0.115. The summed E-state index contributed by atoms with van der Waals surface area (Å²) in [5, 5.41) is 16.6. The Balaban J connectivity index is 1.60. The predicted molar refractivity (Wildman–Crippen MR) is 215 cm³/mol. The van der Waals surface area contributed by atoms with Crippen molar-refractivity contribution >= 4 is 35.6 Å². The van der Waals surface area contributed by atoms with Crippen LogP contribution in [0.5, 0.6) is 5.75 Å². The molecule has 0 radical (unpaired) electrons. The third kappa shape index (κ3) is 9.57. The van der Waals surface area contributed by atoms with Crippen molar-refractivity contribution in [3.63, 3.8) is 0 Å². The molecule has 5 rings (SSSR count). The molecule has 3 heterocycles. The number of aryl methyl sites for hydroxylation is 1. The van der Waals surface area contributed by atoms with Crippen molar-refractivity contribution in [1.29, 1.82) is 0 Å². The van der Waals surface area contributed by atoms with Gasteiger partial charge >= 0.3 is 0 Å². The van der Waals surface area contributed by atoms with E-state index < -0.39 is 23.4 Å². The lowest BCUT2D eigenvalue weighted by Crippen LogP contribution is -2.58. The van der Waals surface area contributed by atoms with E-state index in [1.54, 1.807) is 37.5 Å². The Morgan fingerprint density at radius 1 is 1.11 bits per heavy atom. The van der Waals surface area contributed by atoms with E-state index >= 15 is 0 Å². The Kier molecular flexibility index (Phi) is 13.9. The van der Waals surface area contributed by atoms with Gasteiger partial charge in [0.2, 0.25) is 12.3 Å². The second-order valence-corrected chi connectivity index (χ2v) is 15.7. The Labute approximate surface area is 329 Å². The van der Waals surface area contributed by atoms with Crippen molar-refractivity contribution in [2.75, 3.05) is 33.9 Å². The largest absolute Gasteiger partial charge is 0.508 e. The number of fused-ring (bicyclic) bond motifs is 1. The summed E-state index contributed by atoms with van der Waals surface area (Å²) in [6.45, 7) is 12.9. The fourth-order valence-electron chi connectivity index (χ4n) is 7.87. The lowest BCUT2D eigenvalue weighted by Gasteiger charge is -2.33. The molecule has 13 nitrogen and oxygen atoms in total. The van der Waals surface area contributed by atoms with Gasteiger partial charge in [0.15, 0.2) is 0 Å². The Hall–Kier alpha value is -5.27. The van der Waals surface area contributed by atoms with Gasteiger partial charge in [0.05, 0.1) is 18.9 Å². The van der Waals surface area contributed by atoms with Crippen LogP contribution in [0.1, 0.15) is 64.2 Å². The van der Waals surface area contributed by atoms with Gasteiger partial charge in [-0.3, -0.25) is 29.2 Å². The number of likely N-dealkylation sites (N-methyl/N-ethyl adjacent to an activating group) is 1. The van der Waals surface area contributed by atoms with E-state index in [9.17, 15) is 24.3 Å². The maximum Gasteiger partial charge on any atom is 0.293 e. The third-order valence-electron chi connectivity index (χ3n) is 10.4. The molecule has 0 bridgehead atoms. The number of methoxy groups -OCH3 is 1. The number of hydrazine groups is 1. The lowest BCUT2D eigenvalue weighted by atomic mass is 9.84. The molecular formula is C43H56N6O7. The van der Waals surface area contributed by atoms with Crippen LogP contribution in [0.4, 0.5) is 0 Å². The van der Waals surface area contributed by atoms with Crippen molar-refractivity contribution in [1.82, 2.24) is 30.2 Å². The van der Waals surface area contributed by atoms with Gasteiger partial charge in [-0.2, -0.15) is 0 Å². The van der Waals surface area contributed by atoms with Crippen LogP contribution in [0.15, 0.2) is 54.9 Å². The molecule has 0 aliphatic carbocycles. The molecule has 2 aromatic heterocycles. The number of ether oxygens (including phenoxy) is 2. The molecule has 3 N–H and O–H groups in total. The number of amides is 3. The number of pyridine rings is 1. The number of phenols is 1. The first kappa shape index (κ1) is 41.9. The van der Waals surface area contributed by atoms with E-state index in [1.165, 1.54) is 4.90 Å². The van der Waals surface area contributed by atoms with E-state index in [-0.39, 0.29) is 30.6 Å². The summed E-state index contributed by atoms with van der Waals surface area (Å²) in [6, 6.07) is 11.7. The highest BCUT2D eigenvalue weighted by molar-refractivity contribution is 5.95. The number of phenolic OH excluding ortho intramolecular Hbond substituents is 1. The van der Waals surface area contributed by atoms with E-state index in [1.807, 2.05) is 38.2 Å². The Bertz CT molecular complexity index is 2020. The molecule has 1 fully saturated rings. The fraction of sp³-hybridized carbons (Fsp3) is 0.465. The standard InChI is InChI=1S/C43H56N6O7/c1-8-48-38-12-11-30(21-34(38)35(22-43(4,5)25-56-27-51)40(48)36-23-44-15-13-31(36)24-55-7)32-17-29(18-33(52)20-32)19-37(42(54)49-16-10-9-14-45-49)46-41(53)39(28(2)3)47(6)26-50/h11-13,15,17-18,20-21,23,26-28,37,39,45,52H,8-10,14,16,19,22,24-25H2,1-7H3,(H,46,53). The number of rotatable bonds is 18. The summed E-state index contributed by atoms with van der Waals surface area (Å²) in [4.78, 5) is 56.4. The molecule has 1 aliphatic rings. The van der Waals surface area contributed by atoms with E-state index in [0.29, 0.717) is 51.1 Å². The average molecular weight is 769 g/mol. The van der Waals surface area contributed by atoms with Crippen LogP contribution in [0.3, 0.4) is 0 Å². The second-order valence-electron chi connectivity index (χ2n) is 15.7. The molecule has 3 amide bonds. The first-order valence-corrected chi connectivity index (χ1v) is 19.3. The normalized spacial score (nSPS) is 14.4. The van der Waals surface area contributed by atoms with Gasteiger partial charge in [-0.05, 0) is 90.3 Å². The van der Waals surface area contributed by atoms with Gasteiger partial charge in [-0.25, -0.2) is 5.43 Å². The minimum Gasteiger partial charge on any atom is -0.508 e. The number of hydrogen-bond acceptors (Lipinski definition) is 9. The zero-order valence-electron chi connectivity index (χ0n) is 33.6. The van der Waals surface area contributed by atoms with Gasteiger partial charge in [-0.15, -0.1) is 0 Å². The first-order chi connectivity index (χ1) is 26.8. The van der Waals surface area contributed by atoms with Crippen LogP contribution >= 0.6 is 0 Å². The molecule has 0 saturated carbocycles. The highest BCUT2D eigenvalue weighted by Crippen LogP contribution is 2.41. The summed E-state index contributed by atoms with van der Waals surface area (Å²) in [6.07, 6.45) is 6.70. The molecule has 1 saturated heterocycles. The van der Waals surface area contributed by atoms with Gasteiger partial charge < -0.3 is 29.4 Å². The molecule has 4 aromatic rings. The van der Waals surface area contributed by atoms with Crippen LogP contribution in [-0.2, 0) is 54.6 Å². The van der Waals surface area contributed by atoms with Crippen molar-refractivity contribution in [3.05, 3.63) is 71.5 Å². The molecule has 300 valence electrons. The molecule has 13 heteroatoms. The molecule has 2 aromatic carbocycles. The predicted octanol–water partition coefficient (Wildman–Crippen LogP) is 5.25. The monoisotopic (exact) mass is 768 g/mol. The summed E-state index contributed by atoms with van der Waals surface area (Å²) < 4.78 is 13.1. The highest BCUT2D eigenvalue weighted by Gasteiger charge is 2.33. The maximum atomic E-state index is 14.0. The van der Waals surface area contributed by atoms with Crippen molar-refractivity contribution in [2.24, 2.45) is 11.3 Å². The van der Waals surface area contributed by atoms with E-state index in [4.69, 9.17) is 9.47 Å². The van der Waals surface area contributed by atoms with Crippen LogP contribution in [0.2, 0.25) is 0 Å². The molecule has 2 atom stereocenters. The number of nitrogens with zero attached hydrogens (tertiary/aromatic N) is 4. The van der Waals surface area contributed by atoms with Crippen LogP contribution < -0.4 is 10.7 Å². The van der Waals surface area contributed by atoms with Crippen LogP contribution in [-0.4, -0.2) is 95.2 Å². The minimum atomic E-state index is -0.962. The number of carbonyl (C=O) groups excluding carboxylic acids is 4. The van der Waals surface area contributed by atoms with Crippen molar-refractivity contribution in [2.45, 2.75) is 85.5 Å². The zero-order valence-corrected chi connectivity index (χ0v) is 33.6. The molecule has 0 spiro atoms.